The van der Waals surface area contributed by atoms with Crippen molar-refractivity contribution >= 4 is 40.7 Å². The van der Waals surface area contributed by atoms with Crippen LogP contribution in [0.15, 0.2) is 121 Å². The van der Waals surface area contributed by atoms with Crippen LogP contribution in [0, 0.1) is 56.7 Å². The van der Waals surface area contributed by atoms with Crippen molar-refractivity contribution in [1.82, 2.24) is 0 Å². The van der Waals surface area contributed by atoms with E-state index in [1.165, 1.54) is 12.1 Å². The van der Waals surface area contributed by atoms with Crippen molar-refractivity contribution in [1.29, 1.82) is 26.3 Å². The quantitative estimate of drug-likeness (QED) is 0.0523. The fourth-order valence-corrected chi connectivity index (χ4v) is 5.73. The molecule has 1 fully saturated rings. The van der Waals surface area contributed by atoms with E-state index in [1.807, 2.05) is 37.3 Å². The molecule has 20 nitrogen and oxygen atoms in total. The van der Waals surface area contributed by atoms with Crippen molar-refractivity contribution in [3.8, 4) is 59.1 Å². The molecule has 0 bridgehead atoms. The molecule has 22 heteroatoms. The maximum absolute atomic E-state index is 10.6. The first-order valence-corrected chi connectivity index (χ1v) is 22.9. The molecule has 6 rings (SSSR count). The van der Waals surface area contributed by atoms with Crippen LogP contribution >= 0.6 is 11.6 Å². The molecule has 0 spiro atoms. The fourth-order valence-electron chi connectivity index (χ4n) is 5.51. The summed E-state index contributed by atoms with van der Waals surface area (Å²) >= 11 is 5.22. The third-order valence-corrected chi connectivity index (χ3v) is 9.08. The van der Waals surface area contributed by atoms with Gasteiger partial charge in [0.1, 0.15) is 59.3 Å². The summed E-state index contributed by atoms with van der Waals surface area (Å²) in [6.45, 7) is 8.78. The van der Waals surface area contributed by atoms with E-state index in [9.17, 15) is 24.0 Å². The van der Waals surface area contributed by atoms with Crippen LogP contribution < -0.4 is 54.2 Å². The molecule has 0 saturated carbocycles. The molecule has 1 heterocycles. The Kier molecular flexibility index (Phi) is 36.4. The van der Waals surface area contributed by atoms with Gasteiger partial charge in [0.15, 0.2) is 0 Å². The number of amides is 1. The number of esters is 1. The van der Waals surface area contributed by atoms with Crippen molar-refractivity contribution < 1.29 is 98.0 Å². The number of nitrogens with two attached hydrogens (primary N) is 1. The van der Waals surface area contributed by atoms with Gasteiger partial charge in [-0.3, -0.25) is 24.0 Å². The van der Waals surface area contributed by atoms with Crippen LogP contribution in [0.1, 0.15) is 94.5 Å². The number of rotatable bonds is 16. The average Bonchev–Trinajstić information content (AvgIpc) is 3.35. The molecule has 0 aliphatic carbocycles. The number of carboxylic acids is 2. The Hall–Kier alpha value is -8.65. The van der Waals surface area contributed by atoms with E-state index in [0.29, 0.717) is 57.2 Å². The van der Waals surface area contributed by atoms with E-state index in [2.05, 4.69) is 4.74 Å². The topological polar surface area (TPSA) is 367 Å². The minimum atomic E-state index is -0.892. The average molecular weight is 1080 g/mol. The number of carbonyl (C=O) groups is 5. The Morgan fingerprint density at radius 2 is 0.779 bits per heavy atom. The zero-order valence-electron chi connectivity index (χ0n) is 43.0. The Bertz CT molecular complexity index is 2490. The summed E-state index contributed by atoms with van der Waals surface area (Å²) in [5.74, 6) is 0.340. The first-order valence-electron chi connectivity index (χ1n) is 22.5. The summed E-state index contributed by atoms with van der Waals surface area (Å²) in [6.07, 6.45) is -0.205. The predicted molar refractivity (Wildman–Crippen MR) is 274 cm³/mol. The van der Waals surface area contributed by atoms with E-state index >= 15 is 0 Å². The zero-order chi connectivity index (χ0) is 56.3. The summed E-state index contributed by atoms with van der Waals surface area (Å²) in [5.41, 5.74) is 7.84. The smallest absolute Gasteiger partial charge is 0.870 e. The summed E-state index contributed by atoms with van der Waals surface area (Å²) < 4.78 is 26.0. The first-order chi connectivity index (χ1) is 35.6. The molecule has 6 N–H and O–H groups in total. The van der Waals surface area contributed by atoms with Gasteiger partial charge in [0.2, 0.25) is 11.1 Å². The molecule has 5 unspecified atom stereocenters. The van der Waals surface area contributed by atoms with Crippen LogP contribution in [-0.2, 0) is 28.7 Å². The number of ether oxygens (including phenoxy) is 5. The molecule has 5 aromatic carbocycles. The van der Waals surface area contributed by atoms with E-state index in [1.54, 1.807) is 137 Å². The Morgan fingerprint density at radius 3 is 0.961 bits per heavy atom. The molecule has 77 heavy (non-hydrogen) atoms. The van der Waals surface area contributed by atoms with E-state index in [0.717, 1.165) is 0 Å². The standard InChI is InChI=1S/C11H10ClNO2.C11H12N2O2.2C11H11NO3.C7H5NO.C4H6O2.Na.H2O/c1-8(6-11(12)14)15-10-4-2-9(7-13)3-5-10;3*1-8(6-11(13)14)15-10-4-2-9(7-12)3-5-10;8-5-6-1-3-7(9)4-2-6;1-3-2-4(5)6-3;;/h2-5,8H,6H2,1H3;2-5,8H,6H2,1H3,(H2,13,14);2*2-5,8H,6H2,1H3,(H,13,14);1-4,9H;3H,2H2,1H3;;1H2/q;;;;;;+1;/p-1. The number of aliphatic carboxylic acids is 2. The molecule has 5 atom stereocenters. The van der Waals surface area contributed by atoms with Crippen molar-refractivity contribution in [2.24, 2.45) is 5.73 Å². The van der Waals surface area contributed by atoms with Crippen LogP contribution in [0.25, 0.3) is 0 Å². The van der Waals surface area contributed by atoms with Gasteiger partial charge in [-0.05, 0) is 168 Å². The third-order valence-electron chi connectivity index (χ3n) is 8.93. The fraction of sp³-hybridized carbons (Fsp3) is 0.273. The number of nitriles is 5. The van der Waals surface area contributed by atoms with Gasteiger partial charge in [-0.1, -0.05) is 0 Å². The maximum atomic E-state index is 10.6. The zero-order valence-corrected chi connectivity index (χ0v) is 45.8. The summed E-state index contributed by atoms with van der Waals surface area (Å²) in [6, 6.07) is 42.5. The molecule has 0 radical (unpaired) electrons. The second-order valence-electron chi connectivity index (χ2n) is 15.8. The molecule has 398 valence electrons. The van der Waals surface area contributed by atoms with Gasteiger partial charge < -0.3 is 50.2 Å². The van der Waals surface area contributed by atoms with Crippen LogP contribution in [0.3, 0.4) is 0 Å². The van der Waals surface area contributed by atoms with Gasteiger partial charge in [0.25, 0.3) is 0 Å². The number of primary amides is 1. The molecule has 0 aromatic heterocycles. The number of hydrogen-bond acceptors (Lipinski definition) is 17. The molecular weight excluding hydrogens is 1030 g/mol. The number of carbonyl (C=O) groups excluding carboxylic acids is 3. The molecular formula is C55H56ClN6NaO14. The molecule has 5 aromatic rings. The first kappa shape index (κ1) is 70.4. The molecule has 1 aliphatic rings. The second kappa shape index (κ2) is 39.8. The van der Waals surface area contributed by atoms with Gasteiger partial charge >= 0.3 is 47.5 Å². The molecule has 1 amide bonds. The van der Waals surface area contributed by atoms with Crippen molar-refractivity contribution in [3.63, 3.8) is 0 Å². The van der Waals surface area contributed by atoms with Crippen molar-refractivity contribution in [2.45, 2.75) is 97.2 Å². The third kappa shape index (κ3) is 34.5. The number of phenols is 1. The maximum Gasteiger partial charge on any atom is 1.00 e. The van der Waals surface area contributed by atoms with Crippen LogP contribution in [0.5, 0.6) is 28.7 Å². The monoisotopic (exact) mass is 1080 g/mol. The van der Waals surface area contributed by atoms with Crippen molar-refractivity contribution in [3.05, 3.63) is 149 Å². The Morgan fingerprint density at radius 1 is 0.545 bits per heavy atom. The van der Waals surface area contributed by atoms with Crippen molar-refractivity contribution in [2.75, 3.05) is 0 Å². The second-order valence-corrected chi connectivity index (χ2v) is 16.3. The van der Waals surface area contributed by atoms with E-state index < -0.39 is 23.1 Å². The van der Waals surface area contributed by atoms with Crippen LogP contribution in [-0.4, -0.2) is 80.4 Å². The van der Waals surface area contributed by atoms with Crippen LogP contribution in [0.4, 0.5) is 0 Å². The minimum absolute atomic E-state index is 0. The number of carboxylic acid groups (broad SMARTS) is 2. The van der Waals surface area contributed by atoms with Gasteiger partial charge in [-0.25, -0.2) is 0 Å². The number of aromatic hydroxyl groups is 1. The number of halogens is 1. The Balaban J connectivity index is 0. The number of benzene rings is 5. The molecule has 1 aliphatic heterocycles. The number of nitrogens with zero attached hydrogens (tertiary/aromatic N) is 5. The summed E-state index contributed by atoms with van der Waals surface area (Å²) in [4.78, 5) is 51.8. The summed E-state index contributed by atoms with van der Waals surface area (Å²) in [5, 5.41) is 67.9. The Labute approximate surface area is 473 Å². The normalized spacial score (nSPS) is 12.4. The largest absolute Gasteiger partial charge is 1.00 e. The number of phenolic OH excluding ortho intramolecular Hbond substituents is 1. The van der Waals surface area contributed by atoms with Gasteiger partial charge in [-0.15, -0.1) is 0 Å². The van der Waals surface area contributed by atoms with Gasteiger partial charge in [0.05, 0.1) is 90.3 Å². The number of hydrogen-bond donors (Lipinski definition) is 4. The summed E-state index contributed by atoms with van der Waals surface area (Å²) in [7, 11) is 0. The molecule has 1 saturated heterocycles. The van der Waals surface area contributed by atoms with Gasteiger partial charge in [0, 0.05) is 0 Å². The van der Waals surface area contributed by atoms with Crippen LogP contribution in [0.2, 0.25) is 0 Å². The minimum Gasteiger partial charge on any atom is -0.870 e. The number of cyclic esters (lactones) is 1. The SMILES string of the molecule is CC(CC(=O)Cl)Oc1ccc(C#N)cc1.CC(CC(=O)O)Oc1ccc(C#N)cc1.CC(CC(=O)O)Oc1ccc(C#N)cc1.CC(CC(N)=O)Oc1ccc(C#N)cc1.CC1CC(=O)O1.N#Cc1ccc(O)cc1.[Na+].[OH-]. The van der Waals surface area contributed by atoms with E-state index in [4.69, 9.17) is 77.9 Å². The van der Waals surface area contributed by atoms with Gasteiger partial charge in [-0.2, -0.15) is 26.3 Å². The van der Waals surface area contributed by atoms with E-state index in [-0.39, 0.29) is 103 Å². The predicted octanol–water partition coefficient (Wildman–Crippen LogP) is 5.70.